The molecule has 0 spiro atoms. The second-order valence-corrected chi connectivity index (χ2v) is 7.25. The number of para-hydroxylation sites is 1. The van der Waals surface area contributed by atoms with E-state index in [2.05, 4.69) is 15.9 Å². The summed E-state index contributed by atoms with van der Waals surface area (Å²) < 4.78 is 11.5. The minimum absolute atomic E-state index is 0.0150. The maximum atomic E-state index is 13.1. The van der Waals surface area contributed by atoms with Crippen LogP contribution in [0.25, 0.3) is 11.0 Å². The van der Waals surface area contributed by atoms with Gasteiger partial charge in [-0.3, -0.25) is 4.79 Å². The van der Waals surface area contributed by atoms with Crippen molar-refractivity contribution in [1.29, 1.82) is 0 Å². The number of fused-ring (bicyclic) bond motifs is 2. The topological polar surface area (TPSA) is 59.8 Å². The van der Waals surface area contributed by atoms with E-state index in [-0.39, 0.29) is 17.5 Å². The number of amides is 1. The molecule has 0 aliphatic carbocycles. The van der Waals surface area contributed by atoms with Gasteiger partial charge in [0.1, 0.15) is 5.56 Å². The quantitative estimate of drug-likeness (QED) is 0.591. The average molecular weight is 414 g/mol. The summed E-state index contributed by atoms with van der Waals surface area (Å²) in [5.74, 6) is 0.0856. The molecule has 1 amide bonds. The minimum Gasteiger partial charge on any atom is -0.493 e. The zero-order chi connectivity index (χ0) is 18.4. The number of carbonyl (C=O) groups excluding carboxylic acids is 1. The largest absolute Gasteiger partial charge is 0.493 e. The molecule has 0 saturated heterocycles. The van der Waals surface area contributed by atoms with Gasteiger partial charge >= 0.3 is 5.63 Å². The van der Waals surface area contributed by atoms with Crippen LogP contribution in [0.5, 0.6) is 5.75 Å². The van der Waals surface area contributed by atoms with Gasteiger partial charge in [-0.25, -0.2) is 4.79 Å². The van der Waals surface area contributed by atoms with Crippen LogP contribution in [0.4, 0.5) is 5.69 Å². The highest BCUT2D eigenvalue weighted by Gasteiger charge is 2.33. The van der Waals surface area contributed by atoms with E-state index >= 15 is 0 Å². The molecular weight excluding hydrogens is 398 g/mol. The predicted octanol–water partition coefficient (Wildman–Crippen LogP) is 4.16. The van der Waals surface area contributed by atoms with Crippen LogP contribution >= 0.6 is 15.9 Å². The van der Waals surface area contributed by atoms with Crippen LogP contribution in [0.3, 0.4) is 0 Å². The van der Waals surface area contributed by atoms with E-state index in [1.165, 1.54) is 7.11 Å². The van der Waals surface area contributed by atoms with Gasteiger partial charge in [-0.05, 0) is 43.2 Å². The molecule has 0 radical (unpaired) electrons. The third-order valence-corrected chi connectivity index (χ3v) is 5.10. The Morgan fingerprint density at radius 3 is 2.81 bits per heavy atom. The van der Waals surface area contributed by atoms with Crippen LogP contribution < -0.4 is 15.3 Å². The van der Waals surface area contributed by atoms with Crippen molar-refractivity contribution in [1.82, 2.24) is 0 Å². The Bertz CT molecular complexity index is 1090. The van der Waals surface area contributed by atoms with Gasteiger partial charge < -0.3 is 14.1 Å². The van der Waals surface area contributed by atoms with Crippen molar-refractivity contribution in [3.8, 4) is 5.75 Å². The standard InChI is InChI=1S/C20H16BrNO4/c1-11-7-12-5-3-4-6-16(12)22(11)19(23)15-9-13-8-14(21)10-17(25-2)18(13)26-20(15)24/h3-6,8-11H,7H2,1-2H3. The number of benzene rings is 2. The van der Waals surface area contributed by atoms with Gasteiger partial charge in [-0.2, -0.15) is 0 Å². The predicted molar refractivity (Wildman–Crippen MR) is 103 cm³/mol. The molecule has 1 atom stereocenters. The first kappa shape index (κ1) is 16.8. The summed E-state index contributed by atoms with van der Waals surface area (Å²) in [5, 5.41) is 0.624. The Labute approximate surface area is 158 Å². The number of ether oxygens (including phenoxy) is 1. The second-order valence-electron chi connectivity index (χ2n) is 6.33. The third kappa shape index (κ3) is 2.61. The number of hydrogen-bond donors (Lipinski definition) is 0. The molecule has 0 bridgehead atoms. The van der Waals surface area contributed by atoms with Gasteiger partial charge in [0.25, 0.3) is 5.91 Å². The van der Waals surface area contributed by atoms with Crippen LogP contribution in [0.2, 0.25) is 0 Å². The zero-order valence-corrected chi connectivity index (χ0v) is 15.9. The summed E-state index contributed by atoms with van der Waals surface area (Å²) >= 11 is 3.41. The van der Waals surface area contributed by atoms with E-state index in [0.717, 1.165) is 22.1 Å². The molecule has 1 unspecified atom stereocenters. The first-order valence-corrected chi connectivity index (χ1v) is 9.01. The fraction of sp³-hybridized carbons (Fsp3) is 0.200. The maximum Gasteiger partial charge on any atom is 0.349 e. The van der Waals surface area contributed by atoms with Crippen molar-refractivity contribution in [2.24, 2.45) is 0 Å². The van der Waals surface area contributed by atoms with Crippen molar-refractivity contribution in [2.45, 2.75) is 19.4 Å². The number of halogens is 1. The molecule has 1 aliphatic heterocycles. The summed E-state index contributed by atoms with van der Waals surface area (Å²) in [4.78, 5) is 27.3. The summed E-state index contributed by atoms with van der Waals surface area (Å²) in [5.41, 5.74) is 1.62. The summed E-state index contributed by atoms with van der Waals surface area (Å²) in [7, 11) is 1.50. The highest BCUT2D eigenvalue weighted by atomic mass is 79.9. The first-order valence-electron chi connectivity index (χ1n) is 8.22. The minimum atomic E-state index is -0.667. The lowest BCUT2D eigenvalue weighted by Gasteiger charge is -2.22. The molecule has 1 aromatic heterocycles. The molecule has 0 N–H and O–H groups in total. The number of anilines is 1. The molecule has 132 valence electrons. The van der Waals surface area contributed by atoms with E-state index in [1.54, 1.807) is 23.1 Å². The van der Waals surface area contributed by atoms with E-state index in [1.807, 2.05) is 31.2 Å². The SMILES string of the molecule is COc1cc(Br)cc2cc(C(=O)N3c4ccccc4CC3C)c(=O)oc12. The van der Waals surface area contributed by atoms with Crippen LogP contribution in [0, 0.1) is 0 Å². The molecule has 2 heterocycles. The van der Waals surface area contributed by atoms with E-state index in [0.29, 0.717) is 16.7 Å². The van der Waals surface area contributed by atoms with Crippen molar-refractivity contribution >= 4 is 38.5 Å². The van der Waals surface area contributed by atoms with Gasteiger partial charge in [0.05, 0.1) is 7.11 Å². The smallest absolute Gasteiger partial charge is 0.349 e. The maximum absolute atomic E-state index is 13.1. The second kappa shape index (κ2) is 6.29. The molecule has 3 aromatic rings. The molecule has 6 heteroatoms. The van der Waals surface area contributed by atoms with E-state index in [4.69, 9.17) is 9.15 Å². The molecule has 4 rings (SSSR count). The van der Waals surface area contributed by atoms with E-state index in [9.17, 15) is 9.59 Å². The molecule has 0 saturated carbocycles. The highest BCUT2D eigenvalue weighted by Crippen LogP contribution is 2.34. The lowest BCUT2D eigenvalue weighted by molar-refractivity contribution is 0.0978. The van der Waals surface area contributed by atoms with Crippen LogP contribution in [0.1, 0.15) is 22.8 Å². The third-order valence-electron chi connectivity index (χ3n) is 4.64. The molecule has 0 fully saturated rings. The van der Waals surface area contributed by atoms with Crippen LogP contribution in [-0.2, 0) is 6.42 Å². The fourth-order valence-electron chi connectivity index (χ4n) is 3.47. The van der Waals surface area contributed by atoms with Crippen LogP contribution in [0.15, 0.2) is 56.1 Å². The summed E-state index contributed by atoms with van der Waals surface area (Å²) in [6.45, 7) is 1.97. The molecular formula is C20H16BrNO4. The van der Waals surface area contributed by atoms with Gasteiger partial charge in [0.15, 0.2) is 11.3 Å². The zero-order valence-electron chi connectivity index (χ0n) is 14.3. The Kier molecular flexibility index (Phi) is 4.07. The Balaban J connectivity index is 1.86. The van der Waals surface area contributed by atoms with Gasteiger partial charge in [-0.15, -0.1) is 0 Å². The molecule has 1 aliphatic rings. The number of hydrogen-bond acceptors (Lipinski definition) is 4. The van der Waals surface area contributed by atoms with Gasteiger partial charge in [0, 0.05) is 21.6 Å². The lowest BCUT2D eigenvalue weighted by Crippen LogP contribution is -2.38. The number of carbonyl (C=O) groups is 1. The first-order chi connectivity index (χ1) is 12.5. The number of rotatable bonds is 2. The van der Waals surface area contributed by atoms with Gasteiger partial charge in [0.2, 0.25) is 0 Å². The Morgan fingerprint density at radius 2 is 2.04 bits per heavy atom. The normalized spacial score (nSPS) is 16.0. The van der Waals surface area contributed by atoms with Gasteiger partial charge in [-0.1, -0.05) is 34.1 Å². The molecule has 2 aromatic carbocycles. The lowest BCUT2D eigenvalue weighted by atomic mass is 10.1. The van der Waals surface area contributed by atoms with Crippen molar-refractivity contribution < 1.29 is 13.9 Å². The Hall–Kier alpha value is -2.60. The van der Waals surface area contributed by atoms with Crippen LogP contribution in [-0.4, -0.2) is 19.1 Å². The molecule has 5 nitrogen and oxygen atoms in total. The van der Waals surface area contributed by atoms with Crippen molar-refractivity contribution in [3.05, 3.63) is 68.5 Å². The Morgan fingerprint density at radius 1 is 1.27 bits per heavy atom. The number of nitrogens with zero attached hydrogens (tertiary/aromatic N) is 1. The summed E-state index contributed by atoms with van der Waals surface area (Å²) in [6, 6.07) is 12.8. The highest BCUT2D eigenvalue weighted by molar-refractivity contribution is 9.10. The number of methoxy groups -OCH3 is 1. The van der Waals surface area contributed by atoms with Crippen molar-refractivity contribution in [2.75, 3.05) is 12.0 Å². The van der Waals surface area contributed by atoms with Crippen molar-refractivity contribution in [3.63, 3.8) is 0 Å². The summed E-state index contributed by atoms with van der Waals surface area (Å²) in [6.07, 6.45) is 0.764. The van der Waals surface area contributed by atoms with E-state index < -0.39 is 5.63 Å². The molecule has 26 heavy (non-hydrogen) atoms. The average Bonchev–Trinajstić information content (AvgIpc) is 2.96. The fourth-order valence-corrected chi connectivity index (χ4v) is 3.93. The monoisotopic (exact) mass is 413 g/mol.